The normalized spacial score (nSPS) is 11.8. The van der Waals surface area contributed by atoms with Gasteiger partial charge in [0.2, 0.25) is 0 Å². The van der Waals surface area contributed by atoms with Gasteiger partial charge in [-0.1, -0.05) is 59.2 Å². The Morgan fingerprint density at radius 1 is 1.16 bits per heavy atom. The second kappa shape index (κ2) is 10.9. The van der Waals surface area contributed by atoms with E-state index in [1.165, 1.54) is 0 Å². The van der Waals surface area contributed by atoms with Crippen molar-refractivity contribution in [2.75, 3.05) is 18.5 Å². The van der Waals surface area contributed by atoms with Crippen LogP contribution in [0, 0.1) is 6.92 Å². The van der Waals surface area contributed by atoms with Crippen LogP contribution in [-0.4, -0.2) is 30.2 Å². The van der Waals surface area contributed by atoms with Crippen LogP contribution in [0.25, 0.3) is 11.3 Å². The molecule has 0 radical (unpaired) electrons. The Morgan fingerprint density at radius 3 is 2.56 bits per heavy atom. The number of amides is 1. The summed E-state index contributed by atoms with van der Waals surface area (Å²) in [5.41, 5.74) is 3.21. The van der Waals surface area contributed by atoms with E-state index in [1.54, 1.807) is 26.0 Å². The summed E-state index contributed by atoms with van der Waals surface area (Å²) in [6.45, 7) is 5.92. The number of aromatic nitrogens is 1. The lowest BCUT2D eigenvalue weighted by Crippen LogP contribution is -2.17. The molecule has 0 fully saturated rings. The molecule has 1 aromatic heterocycles. The van der Waals surface area contributed by atoms with Crippen LogP contribution in [0.3, 0.4) is 0 Å². The number of nitrogens with one attached hydrogen (secondary N) is 1. The number of nitrogens with zero attached hydrogens (tertiary/aromatic N) is 1. The van der Waals surface area contributed by atoms with Crippen LogP contribution in [0.1, 0.15) is 36.8 Å². The molecule has 2 aromatic carbocycles. The zero-order valence-corrected chi connectivity index (χ0v) is 18.9. The van der Waals surface area contributed by atoms with E-state index in [0.717, 1.165) is 5.56 Å². The number of benzene rings is 2. The van der Waals surface area contributed by atoms with Gasteiger partial charge in [0.05, 0.1) is 0 Å². The first-order chi connectivity index (χ1) is 15.4. The zero-order chi connectivity index (χ0) is 23.1. The summed E-state index contributed by atoms with van der Waals surface area (Å²) in [6.07, 6.45) is -0.906. The topological polar surface area (TPSA) is 90.7 Å². The Hall–Kier alpha value is -3.16. The molecule has 3 rings (SSSR count). The van der Waals surface area contributed by atoms with E-state index in [0.29, 0.717) is 39.9 Å². The lowest BCUT2D eigenvalue weighted by molar-refractivity contribution is -0.122. The summed E-state index contributed by atoms with van der Waals surface area (Å²) in [4.78, 5) is 24.4. The number of carbonyl (C=O) groups is 2. The van der Waals surface area contributed by atoms with E-state index in [4.69, 9.17) is 25.6 Å². The van der Waals surface area contributed by atoms with E-state index in [2.05, 4.69) is 10.5 Å². The molecule has 7 nitrogen and oxygen atoms in total. The number of rotatable bonds is 9. The third-order valence-corrected chi connectivity index (χ3v) is 5.15. The minimum Gasteiger partial charge on any atom is -0.441 e. The quantitative estimate of drug-likeness (QED) is 0.440. The largest absolute Gasteiger partial charge is 0.441 e. The van der Waals surface area contributed by atoms with Crippen molar-refractivity contribution in [3.05, 3.63) is 70.4 Å². The third-order valence-electron chi connectivity index (χ3n) is 4.80. The van der Waals surface area contributed by atoms with Gasteiger partial charge >= 0.3 is 6.09 Å². The van der Waals surface area contributed by atoms with Crippen LogP contribution < -0.4 is 5.32 Å². The minimum absolute atomic E-state index is 0.00727. The van der Waals surface area contributed by atoms with Crippen molar-refractivity contribution >= 4 is 29.2 Å². The molecule has 0 aliphatic heterocycles. The molecule has 3 aromatic rings. The molecule has 1 unspecified atom stereocenters. The molecule has 0 aliphatic carbocycles. The molecule has 0 bridgehead atoms. The number of ether oxygens (including phenoxy) is 2. The number of hydrogen-bond acceptors (Lipinski definition) is 6. The van der Waals surface area contributed by atoms with Crippen LogP contribution >= 0.6 is 11.6 Å². The van der Waals surface area contributed by atoms with E-state index in [-0.39, 0.29) is 18.8 Å². The molecule has 0 aliphatic rings. The van der Waals surface area contributed by atoms with Crippen molar-refractivity contribution < 1.29 is 23.6 Å². The van der Waals surface area contributed by atoms with Crippen LogP contribution in [-0.2, 0) is 20.7 Å². The van der Waals surface area contributed by atoms with Crippen molar-refractivity contribution in [2.45, 2.75) is 33.3 Å². The van der Waals surface area contributed by atoms with E-state index in [9.17, 15) is 9.59 Å². The molecular weight excluding hydrogens is 432 g/mol. The van der Waals surface area contributed by atoms with Gasteiger partial charge in [0.25, 0.3) is 0 Å². The predicted octanol–water partition coefficient (Wildman–Crippen LogP) is 5.76. The number of anilines is 1. The van der Waals surface area contributed by atoms with Gasteiger partial charge in [-0.15, -0.1) is 0 Å². The molecule has 32 heavy (non-hydrogen) atoms. The molecule has 0 saturated heterocycles. The lowest BCUT2D eigenvalue weighted by atomic mass is 10.0. The number of aryl methyl sites for hydroxylation is 1. The van der Waals surface area contributed by atoms with E-state index in [1.807, 2.05) is 43.3 Å². The molecule has 168 valence electrons. The van der Waals surface area contributed by atoms with Crippen molar-refractivity contribution in [1.29, 1.82) is 0 Å². The minimum atomic E-state index is -0.650. The van der Waals surface area contributed by atoms with E-state index < -0.39 is 12.2 Å². The number of carbonyl (C=O) groups excluding carboxylic acids is 2. The van der Waals surface area contributed by atoms with Crippen LogP contribution in [0.15, 0.2) is 53.1 Å². The van der Waals surface area contributed by atoms with Crippen LogP contribution in [0.4, 0.5) is 10.5 Å². The fourth-order valence-electron chi connectivity index (χ4n) is 3.14. The first kappa shape index (κ1) is 23.5. The van der Waals surface area contributed by atoms with Gasteiger partial charge < -0.3 is 14.0 Å². The Morgan fingerprint density at radius 2 is 1.88 bits per heavy atom. The van der Waals surface area contributed by atoms with Gasteiger partial charge in [0.15, 0.2) is 11.5 Å². The van der Waals surface area contributed by atoms with Gasteiger partial charge in [0, 0.05) is 29.2 Å². The maximum atomic E-state index is 12.5. The highest BCUT2D eigenvalue weighted by Crippen LogP contribution is 2.32. The maximum Gasteiger partial charge on any atom is 0.412 e. The molecule has 8 heteroatoms. The Labute approximate surface area is 191 Å². The standard InChI is InChI=1S/C24H25ClN2O5/c1-4-30-14-19(28)13-17-9-11-18(12-10-17)23-22(15(2)27-32-23)26-24(29)31-16(3)20-7-5-6-8-21(20)25/h5-12,16H,4,13-14H2,1-3H3,(H,26,29). The molecule has 1 N–H and O–H groups in total. The second-order valence-electron chi connectivity index (χ2n) is 7.22. The smallest absolute Gasteiger partial charge is 0.412 e. The van der Waals surface area contributed by atoms with Crippen molar-refractivity contribution in [2.24, 2.45) is 0 Å². The van der Waals surface area contributed by atoms with Crippen LogP contribution in [0.5, 0.6) is 0 Å². The Bertz CT molecular complexity index is 1080. The van der Waals surface area contributed by atoms with Gasteiger partial charge in [-0.05, 0) is 32.4 Å². The molecule has 1 heterocycles. The SMILES string of the molecule is CCOCC(=O)Cc1ccc(-c2onc(C)c2NC(=O)OC(C)c2ccccc2Cl)cc1. The molecule has 0 saturated carbocycles. The van der Waals surface area contributed by atoms with Crippen LogP contribution in [0.2, 0.25) is 5.02 Å². The zero-order valence-electron chi connectivity index (χ0n) is 18.2. The van der Waals surface area contributed by atoms with Crippen molar-refractivity contribution in [3.63, 3.8) is 0 Å². The fraction of sp³-hybridized carbons (Fsp3) is 0.292. The number of Topliss-reactive ketones (excluding diaryl/α,β-unsaturated/α-hetero) is 1. The average Bonchev–Trinajstić information content (AvgIpc) is 3.13. The highest BCUT2D eigenvalue weighted by molar-refractivity contribution is 6.31. The molecule has 0 spiro atoms. The molecule has 1 amide bonds. The monoisotopic (exact) mass is 456 g/mol. The summed E-state index contributed by atoms with van der Waals surface area (Å²) >= 11 is 6.18. The van der Waals surface area contributed by atoms with Gasteiger partial charge in [-0.3, -0.25) is 10.1 Å². The van der Waals surface area contributed by atoms with Gasteiger partial charge in [-0.2, -0.15) is 0 Å². The lowest BCUT2D eigenvalue weighted by Gasteiger charge is -2.15. The maximum absolute atomic E-state index is 12.5. The van der Waals surface area contributed by atoms with E-state index >= 15 is 0 Å². The molecule has 1 atom stereocenters. The number of halogens is 1. The summed E-state index contributed by atoms with van der Waals surface area (Å²) in [5.74, 6) is 0.407. The first-order valence-corrected chi connectivity index (χ1v) is 10.6. The third kappa shape index (κ3) is 5.96. The highest BCUT2D eigenvalue weighted by Gasteiger charge is 2.20. The fourth-order valence-corrected chi connectivity index (χ4v) is 3.43. The van der Waals surface area contributed by atoms with Crippen molar-refractivity contribution in [1.82, 2.24) is 5.16 Å². The average molecular weight is 457 g/mol. The predicted molar refractivity (Wildman–Crippen MR) is 122 cm³/mol. The Kier molecular flexibility index (Phi) is 8.03. The molecular formula is C24H25ClN2O5. The summed E-state index contributed by atoms with van der Waals surface area (Å²) in [7, 11) is 0. The van der Waals surface area contributed by atoms with Gasteiger partial charge in [0.1, 0.15) is 24.1 Å². The highest BCUT2D eigenvalue weighted by atomic mass is 35.5. The Balaban J connectivity index is 1.69. The number of ketones is 1. The number of hydrogen-bond donors (Lipinski definition) is 1. The summed E-state index contributed by atoms with van der Waals surface area (Å²) in [5, 5.41) is 7.20. The summed E-state index contributed by atoms with van der Waals surface area (Å²) < 4.78 is 16.1. The van der Waals surface area contributed by atoms with Gasteiger partial charge in [-0.25, -0.2) is 4.79 Å². The first-order valence-electron chi connectivity index (χ1n) is 10.3. The summed E-state index contributed by atoms with van der Waals surface area (Å²) in [6, 6.07) is 14.5. The second-order valence-corrected chi connectivity index (χ2v) is 7.62. The van der Waals surface area contributed by atoms with Crippen molar-refractivity contribution in [3.8, 4) is 11.3 Å².